The van der Waals surface area contributed by atoms with Crippen LogP contribution in [-0.2, 0) is 24.3 Å². The lowest BCUT2D eigenvalue weighted by Gasteiger charge is -2.47. The monoisotopic (exact) mass is 559 g/mol. The Morgan fingerprint density at radius 2 is 1.91 bits per heavy atom. The zero-order chi connectivity index (χ0) is 21.5. The van der Waals surface area contributed by atoms with Crippen molar-refractivity contribution in [2.24, 2.45) is 4.99 Å². The van der Waals surface area contributed by atoms with Crippen LogP contribution < -0.4 is 10.6 Å². The van der Waals surface area contributed by atoms with Gasteiger partial charge in [0.05, 0.1) is 13.1 Å². The topological polar surface area (TPSA) is 79.6 Å². The molecule has 1 unspecified atom stereocenters. The Balaban J connectivity index is 0.00000289. The molecule has 4 rings (SSSR count). The summed E-state index contributed by atoms with van der Waals surface area (Å²) in [5.74, 6) is 2.80. The van der Waals surface area contributed by atoms with Crippen molar-refractivity contribution < 1.29 is 4.74 Å². The summed E-state index contributed by atoms with van der Waals surface area (Å²) in [6.45, 7) is 7.73. The van der Waals surface area contributed by atoms with Crippen LogP contribution in [0.1, 0.15) is 76.4 Å². The largest absolute Gasteiger partial charge is 0.377 e. The number of hydrogen-bond acceptors (Lipinski definition) is 5. The van der Waals surface area contributed by atoms with Gasteiger partial charge < -0.3 is 15.4 Å². The van der Waals surface area contributed by atoms with Crippen molar-refractivity contribution in [2.75, 3.05) is 33.3 Å². The molecule has 1 atom stereocenters. The molecular weight excluding hydrogens is 517 g/mol. The standard InChI is InChI=1S/C23H41N7O.HI/c1-3-24-22(26-19-10-11-21-27-20(17-31-2)28-30(21)16-19)25-18-23(12-6-4-7-13-23)29-14-8-5-9-15-29;/h19H,3-18H2,1-2H3,(H2,24,25,26);1H. The zero-order valence-electron chi connectivity index (χ0n) is 19.9. The first-order valence-corrected chi connectivity index (χ1v) is 12.4. The van der Waals surface area contributed by atoms with Crippen LogP contribution in [0.3, 0.4) is 0 Å². The first-order chi connectivity index (χ1) is 15.2. The molecule has 0 bridgehead atoms. The Morgan fingerprint density at radius 3 is 2.62 bits per heavy atom. The van der Waals surface area contributed by atoms with Gasteiger partial charge >= 0.3 is 0 Å². The van der Waals surface area contributed by atoms with E-state index in [2.05, 4.69) is 32.5 Å². The number of ether oxygens (including phenoxy) is 1. The molecule has 0 radical (unpaired) electrons. The third kappa shape index (κ3) is 6.34. The molecule has 182 valence electrons. The third-order valence-corrected chi connectivity index (χ3v) is 7.20. The van der Waals surface area contributed by atoms with E-state index >= 15 is 0 Å². The smallest absolute Gasteiger partial charge is 0.191 e. The molecule has 2 N–H and O–H groups in total. The first-order valence-electron chi connectivity index (χ1n) is 12.4. The number of rotatable bonds is 7. The fraction of sp³-hybridized carbons (Fsp3) is 0.870. The van der Waals surface area contributed by atoms with Crippen molar-refractivity contribution >= 4 is 29.9 Å². The van der Waals surface area contributed by atoms with Crippen molar-refractivity contribution in [3.05, 3.63) is 11.6 Å². The number of halogens is 1. The number of hydrogen-bond donors (Lipinski definition) is 2. The average Bonchev–Trinajstić information content (AvgIpc) is 3.21. The fourth-order valence-electron chi connectivity index (χ4n) is 5.56. The van der Waals surface area contributed by atoms with Crippen molar-refractivity contribution in [1.82, 2.24) is 30.3 Å². The van der Waals surface area contributed by atoms with E-state index in [9.17, 15) is 0 Å². The van der Waals surface area contributed by atoms with E-state index in [1.165, 1.54) is 64.5 Å². The minimum atomic E-state index is 0. The van der Waals surface area contributed by atoms with Gasteiger partial charge in [-0.25, -0.2) is 9.67 Å². The molecule has 1 aromatic heterocycles. The summed E-state index contributed by atoms with van der Waals surface area (Å²) in [5, 5.41) is 11.8. The summed E-state index contributed by atoms with van der Waals surface area (Å²) in [6, 6.07) is 0.319. The molecule has 2 aliphatic heterocycles. The number of likely N-dealkylation sites (tertiary alicyclic amines) is 1. The lowest BCUT2D eigenvalue weighted by molar-refractivity contribution is 0.0407. The summed E-state index contributed by atoms with van der Waals surface area (Å²) in [7, 11) is 1.69. The molecule has 0 amide bonds. The van der Waals surface area contributed by atoms with Gasteiger partial charge in [0, 0.05) is 31.7 Å². The van der Waals surface area contributed by atoms with Gasteiger partial charge in [0.15, 0.2) is 11.8 Å². The van der Waals surface area contributed by atoms with Crippen LogP contribution in [0, 0.1) is 0 Å². The van der Waals surface area contributed by atoms with Crippen LogP contribution in [0.15, 0.2) is 4.99 Å². The molecule has 3 heterocycles. The van der Waals surface area contributed by atoms with Gasteiger partial charge in [-0.05, 0) is 52.1 Å². The molecule has 32 heavy (non-hydrogen) atoms. The van der Waals surface area contributed by atoms with Crippen LogP contribution in [0.2, 0.25) is 0 Å². The van der Waals surface area contributed by atoms with Crippen LogP contribution >= 0.6 is 24.0 Å². The van der Waals surface area contributed by atoms with E-state index in [1.807, 2.05) is 4.68 Å². The first kappa shape index (κ1) is 25.7. The number of piperidine rings is 1. The maximum atomic E-state index is 5.19. The van der Waals surface area contributed by atoms with Crippen molar-refractivity contribution in [3.8, 4) is 0 Å². The van der Waals surface area contributed by atoms with Gasteiger partial charge in [-0.15, -0.1) is 24.0 Å². The van der Waals surface area contributed by atoms with Crippen molar-refractivity contribution in [1.29, 1.82) is 0 Å². The quantitative estimate of drug-likeness (QED) is 0.304. The van der Waals surface area contributed by atoms with E-state index in [4.69, 9.17) is 9.73 Å². The Hall–Kier alpha value is -0.940. The Labute approximate surface area is 210 Å². The predicted octanol–water partition coefficient (Wildman–Crippen LogP) is 3.10. The van der Waals surface area contributed by atoms with Gasteiger partial charge in [0.1, 0.15) is 12.4 Å². The fourth-order valence-corrected chi connectivity index (χ4v) is 5.56. The molecule has 9 heteroatoms. The molecule has 8 nitrogen and oxygen atoms in total. The summed E-state index contributed by atoms with van der Waals surface area (Å²) >= 11 is 0. The minimum absolute atomic E-state index is 0. The van der Waals surface area contributed by atoms with Gasteiger partial charge in [0.2, 0.25) is 0 Å². The van der Waals surface area contributed by atoms with E-state index in [0.717, 1.165) is 50.1 Å². The Bertz CT molecular complexity index is 726. The molecule has 1 saturated heterocycles. The van der Waals surface area contributed by atoms with Gasteiger partial charge in [0.25, 0.3) is 0 Å². The number of fused-ring (bicyclic) bond motifs is 1. The lowest BCUT2D eigenvalue weighted by atomic mass is 9.79. The van der Waals surface area contributed by atoms with Crippen LogP contribution in [0.5, 0.6) is 0 Å². The summed E-state index contributed by atoms with van der Waals surface area (Å²) in [5.41, 5.74) is 0.266. The summed E-state index contributed by atoms with van der Waals surface area (Å²) in [6.07, 6.45) is 12.7. The molecule has 0 aromatic carbocycles. The number of methoxy groups -OCH3 is 1. The maximum absolute atomic E-state index is 5.19. The molecule has 1 aliphatic carbocycles. The third-order valence-electron chi connectivity index (χ3n) is 7.20. The van der Waals surface area contributed by atoms with Crippen molar-refractivity contribution in [2.45, 2.75) is 95.9 Å². The zero-order valence-corrected chi connectivity index (χ0v) is 22.3. The average molecular weight is 560 g/mol. The number of aryl methyl sites for hydroxylation is 1. The van der Waals surface area contributed by atoms with Crippen molar-refractivity contribution in [3.63, 3.8) is 0 Å². The van der Waals surface area contributed by atoms with Crippen LogP contribution in [-0.4, -0.2) is 70.5 Å². The van der Waals surface area contributed by atoms with Gasteiger partial charge in [-0.3, -0.25) is 9.89 Å². The normalized spacial score (nSPS) is 23.8. The Morgan fingerprint density at radius 1 is 1.16 bits per heavy atom. The highest BCUT2D eigenvalue weighted by atomic mass is 127. The highest BCUT2D eigenvalue weighted by Crippen LogP contribution is 2.35. The van der Waals surface area contributed by atoms with Gasteiger partial charge in [-0.1, -0.05) is 25.7 Å². The van der Waals surface area contributed by atoms with E-state index < -0.39 is 0 Å². The molecular formula is C23H42IN7O. The maximum Gasteiger partial charge on any atom is 0.191 e. The Kier molecular flexibility index (Phi) is 10.0. The van der Waals surface area contributed by atoms with E-state index in [0.29, 0.717) is 12.6 Å². The second-order valence-electron chi connectivity index (χ2n) is 9.47. The second kappa shape index (κ2) is 12.5. The van der Waals surface area contributed by atoms with Gasteiger partial charge in [-0.2, -0.15) is 5.10 Å². The lowest BCUT2D eigenvalue weighted by Crippen LogP contribution is -2.55. The summed E-state index contributed by atoms with van der Waals surface area (Å²) in [4.78, 5) is 12.5. The number of aromatic nitrogens is 3. The molecule has 3 aliphatic rings. The number of nitrogens with one attached hydrogen (secondary N) is 2. The van der Waals surface area contributed by atoms with Crippen LogP contribution in [0.25, 0.3) is 0 Å². The minimum Gasteiger partial charge on any atom is -0.377 e. The highest BCUT2D eigenvalue weighted by molar-refractivity contribution is 14.0. The predicted molar refractivity (Wildman–Crippen MR) is 139 cm³/mol. The second-order valence-corrected chi connectivity index (χ2v) is 9.47. The molecule has 0 spiro atoms. The SMILES string of the molecule is CCNC(=NCC1(N2CCCCC2)CCCCC1)NC1CCc2nc(COC)nn2C1.I. The molecule has 2 fully saturated rings. The van der Waals surface area contributed by atoms with E-state index in [-0.39, 0.29) is 29.5 Å². The number of guanidine groups is 1. The van der Waals surface area contributed by atoms with Crippen LogP contribution in [0.4, 0.5) is 0 Å². The molecule has 1 aromatic rings. The van der Waals surface area contributed by atoms with E-state index in [1.54, 1.807) is 7.11 Å². The number of aliphatic imine (C=N–C) groups is 1. The number of nitrogens with zero attached hydrogens (tertiary/aromatic N) is 5. The molecule has 1 saturated carbocycles. The summed E-state index contributed by atoms with van der Waals surface area (Å²) < 4.78 is 7.23. The highest BCUT2D eigenvalue weighted by Gasteiger charge is 2.38.